The predicted octanol–water partition coefficient (Wildman–Crippen LogP) is 5.89. The average Bonchev–Trinajstić information content (AvgIpc) is 2.67. The summed E-state index contributed by atoms with van der Waals surface area (Å²) in [4.78, 5) is 16.3. The highest BCUT2D eigenvalue weighted by Gasteiger charge is 2.06. The predicted molar refractivity (Wildman–Crippen MR) is 112 cm³/mol. The third kappa shape index (κ3) is 4.64. The lowest BCUT2D eigenvalue weighted by molar-refractivity contribution is 0.415. The molecule has 0 saturated carbocycles. The van der Waals surface area contributed by atoms with Crippen LogP contribution in [0, 0.1) is 0 Å². The fraction of sp³-hybridized carbons (Fsp3) is 0.111. The summed E-state index contributed by atoms with van der Waals surface area (Å²) in [5.41, 5.74) is 2.72. The number of benzene rings is 2. The van der Waals surface area contributed by atoms with Crippen LogP contribution in [0.5, 0.6) is 11.5 Å². The smallest absolute Gasteiger partial charge is 0.148 e. The van der Waals surface area contributed by atoms with Gasteiger partial charge in [0.05, 0.1) is 58.7 Å². The van der Waals surface area contributed by atoms with E-state index in [1.54, 1.807) is 38.5 Å². The molecular weight excluding hydrogens is 446 g/mol. The van der Waals surface area contributed by atoms with Gasteiger partial charge in [-0.2, -0.15) is 0 Å². The van der Waals surface area contributed by atoms with Crippen LogP contribution in [-0.4, -0.2) is 34.2 Å². The first-order chi connectivity index (χ1) is 13.4. The van der Waals surface area contributed by atoms with Crippen molar-refractivity contribution in [3.05, 3.63) is 57.0 Å². The molecule has 0 unspecified atom stereocenters. The van der Waals surface area contributed by atoms with Crippen molar-refractivity contribution in [3.63, 3.8) is 0 Å². The van der Waals surface area contributed by atoms with Crippen LogP contribution < -0.4 is 9.47 Å². The van der Waals surface area contributed by atoms with E-state index in [1.165, 1.54) is 12.4 Å². The highest BCUT2D eigenvalue weighted by atomic mass is 35.5. The van der Waals surface area contributed by atoms with Gasteiger partial charge in [0, 0.05) is 12.1 Å². The lowest BCUT2D eigenvalue weighted by Gasteiger charge is -2.03. The molecule has 0 aliphatic rings. The van der Waals surface area contributed by atoms with Gasteiger partial charge >= 0.3 is 0 Å². The van der Waals surface area contributed by atoms with Gasteiger partial charge in [-0.25, -0.2) is 9.97 Å². The van der Waals surface area contributed by atoms with Crippen LogP contribution in [0.1, 0.15) is 0 Å². The molecule has 0 bridgehead atoms. The van der Waals surface area contributed by atoms with Crippen molar-refractivity contribution in [1.82, 2.24) is 19.9 Å². The summed E-state index contributed by atoms with van der Waals surface area (Å²) >= 11 is 23.2. The Morgan fingerprint density at radius 1 is 0.607 bits per heavy atom. The minimum Gasteiger partial charge on any atom is -0.495 e. The van der Waals surface area contributed by atoms with E-state index in [9.17, 15) is 0 Å². The number of rotatable bonds is 2. The molecular formula is C18H12Cl4N4O2. The van der Waals surface area contributed by atoms with E-state index in [-0.39, 0.29) is 0 Å². The van der Waals surface area contributed by atoms with Crippen molar-refractivity contribution in [2.45, 2.75) is 0 Å². The van der Waals surface area contributed by atoms with Gasteiger partial charge in [-0.3, -0.25) is 9.97 Å². The van der Waals surface area contributed by atoms with Gasteiger partial charge in [-0.15, -0.1) is 0 Å². The Labute approximate surface area is 180 Å². The van der Waals surface area contributed by atoms with Gasteiger partial charge < -0.3 is 9.47 Å². The van der Waals surface area contributed by atoms with E-state index < -0.39 is 0 Å². The van der Waals surface area contributed by atoms with E-state index in [0.29, 0.717) is 53.9 Å². The van der Waals surface area contributed by atoms with Crippen LogP contribution in [0.3, 0.4) is 0 Å². The van der Waals surface area contributed by atoms with Crippen molar-refractivity contribution in [3.8, 4) is 11.5 Å². The Balaban J connectivity index is 0.000000161. The number of fused-ring (bicyclic) bond motifs is 2. The van der Waals surface area contributed by atoms with Gasteiger partial charge in [0.2, 0.25) is 0 Å². The Bertz CT molecular complexity index is 1160. The minimum atomic E-state index is 0.346. The number of methoxy groups -OCH3 is 2. The third-order valence-corrected chi connectivity index (χ3v) is 4.53. The van der Waals surface area contributed by atoms with E-state index >= 15 is 0 Å². The van der Waals surface area contributed by atoms with Gasteiger partial charge in [0.25, 0.3) is 0 Å². The zero-order valence-corrected chi connectivity index (χ0v) is 17.6. The van der Waals surface area contributed by atoms with Crippen molar-refractivity contribution >= 4 is 68.5 Å². The van der Waals surface area contributed by atoms with Crippen molar-refractivity contribution in [1.29, 1.82) is 0 Å². The van der Waals surface area contributed by atoms with Gasteiger partial charge in [-0.1, -0.05) is 46.4 Å². The molecule has 4 aromatic rings. The number of hydrogen-bond donors (Lipinski definition) is 0. The first kappa shape index (κ1) is 20.6. The van der Waals surface area contributed by atoms with E-state index in [0.717, 1.165) is 0 Å². The average molecular weight is 458 g/mol. The summed E-state index contributed by atoms with van der Waals surface area (Å²) in [5.74, 6) is 1.14. The van der Waals surface area contributed by atoms with Crippen molar-refractivity contribution in [2.24, 2.45) is 0 Å². The molecule has 10 heteroatoms. The molecule has 2 heterocycles. The zero-order chi connectivity index (χ0) is 20.3. The molecule has 144 valence electrons. The molecule has 0 fully saturated rings. The number of nitrogens with zero attached hydrogens (tertiary/aromatic N) is 4. The normalized spacial score (nSPS) is 10.5. The second-order valence-corrected chi connectivity index (χ2v) is 6.93. The number of halogens is 4. The highest BCUT2D eigenvalue weighted by Crippen LogP contribution is 2.29. The molecule has 6 nitrogen and oxygen atoms in total. The summed E-state index contributed by atoms with van der Waals surface area (Å²) < 4.78 is 10.1. The third-order valence-electron chi connectivity index (χ3n) is 3.57. The zero-order valence-electron chi connectivity index (χ0n) is 14.6. The number of ether oxygens (including phenoxy) is 2. The molecule has 0 radical (unpaired) electrons. The second-order valence-electron chi connectivity index (χ2n) is 5.34. The number of hydrogen-bond acceptors (Lipinski definition) is 6. The quantitative estimate of drug-likeness (QED) is 0.373. The maximum Gasteiger partial charge on any atom is 0.148 e. The van der Waals surface area contributed by atoms with Crippen LogP contribution in [-0.2, 0) is 0 Å². The minimum absolute atomic E-state index is 0.346. The van der Waals surface area contributed by atoms with E-state index in [4.69, 9.17) is 55.9 Å². The SMILES string of the molecule is COc1cc2nc(Cl)cnc2cc1Cl.COc1cc2ncc(Cl)nc2cc1Cl. The summed E-state index contributed by atoms with van der Waals surface area (Å²) in [7, 11) is 3.10. The summed E-state index contributed by atoms with van der Waals surface area (Å²) in [6.45, 7) is 0. The largest absolute Gasteiger partial charge is 0.495 e. The fourth-order valence-corrected chi connectivity index (χ4v) is 3.05. The van der Waals surface area contributed by atoms with E-state index in [1.807, 2.05) is 0 Å². The Morgan fingerprint density at radius 2 is 1.00 bits per heavy atom. The lowest BCUT2D eigenvalue weighted by atomic mass is 10.3. The fourth-order valence-electron chi connectivity index (χ4n) is 2.30. The van der Waals surface area contributed by atoms with Crippen LogP contribution >= 0.6 is 46.4 Å². The molecule has 0 spiro atoms. The summed E-state index contributed by atoms with van der Waals surface area (Å²) in [5, 5.41) is 1.70. The topological polar surface area (TPSA) is 70.0 Å². The van der Waals surface area contributed by atoms with E-state index in [2.05, 4.69) is 19.9 Å². The molecule has 0 saturated heterocycles. The first-order valence-corrected chi connectivity index (χ1v) is 9.24. The Hall–Kier alpha value is -2.12. The molecule has 0 aliphatic carbocycles. The van der Waals surface area contributed by atoms with Crippen LogP contribution in [0.2, 0.25) is 20.4 Å². The second kappa shape index (κ2) is 8.92. The molecule has 28 heavy (non-hydrogen) atoms. The molecule has 0 atom stereocenters. The maximum absolute atomic E-state index is 5.92. The first-order valence-electron chi connectivity index (χ1n) is 7.73. The molecule has 2 aromatic carbocycles. The van der Waals surface area contributed by atoms with Crippen LogP contribution in [0.25, 0.3) is 22.1 Å². The van der Waals surface area contributed by atoms with Gasteiger partial charge in [0.1, 0.15) is 21.8 Å². The molecule has 0 amide bonds. The lowest BCUT2D eigenvalue weighted by Crippen LogP contribution is -1.88. The van der Waals surface area contributed by atoms with Crippen molar-refractivity contribution in [2.75, 3.05) is 14.2 Å². The monoisotopic (exact) mass is 456 g/mol. The molecule has 0 aliphatic heterocycles. The standard InChI is InChI=1S/2C9H6Cl2N2O/c1-14-8-3-6-7(2-5(8)10)13-9(11)4-12-6;1-14-8-3-7-6(2-5(8)10)12-4-9(11)13-7/h2*2-4H,1H3. The van der Waals surface area contributed by atoms with Crippen LogP contribution in [0.4, 0.5) is 0 Å². The van der Waals surface area contributed by atoms with Gasteiger partial charge in [0.15, 0.2) is 0 Å². The molecule has 0 N–H and O–H groups in total. The summed E-state index contributed by atoms with van der Waals surface area (Å²) in [6.07, 6.45) is 2.96. The molecule has 4 rings (SSSR count). The van der Waals surface area contributed by atoms with Crippen LogP contribution in [0.15, 0.2) is 36.7 Å². The molecule has 2 aromatic heterocycles. The Morgan fingerprint density at radius 3 is 1.50 bits per heavy atom. The summed E-state index contributed by atoms with van der Waals surface area (Å²) in [6, 6.07) is 6.80. The van der Waals surface area contributed by atoms with Gasteiger partial charge in [-0.05, 0) is 12.1 Å². The Kier molecular flexibility index (Phi) is 6.57. The highest BCUT2D eigenvalue weighted by molar-refractivity contribution is 6.33. The maximum atomic E-state index is 5.92. The van der Waals surface area contributed by atoms with Crippen molar-refractivity contribution < 1.29 is 9.47 Å². The number of aromatic nitrogens is 4.